The zero-order valence-corrected chi connectivity index (χ0v) is 12.3. The summed E-state index contributed by atoms with van der Waals surface area (Å²) >= 11 is 0. The van der Waals surface area contributed by atoms with Crippen LogP contribution in [0.25, 0.3) is 0 Å². The second-order valence-corrected chi connectivity index (χ2v) is 6.48. The number of hydrogen-bond donors (Lipinski definition) is 2. The third-order valence-corrected chi connectivity index (χ3v) is 4.86. The molecule has 0 aromatic carbocycles. The molecule has 2 N–H and O–H groups in total. The van der Waals surface area contributed by atoms with Crippen LogP contribution >= 0.6 is 0 Å². The molecule has 2 aliphatic heterocycles. The van der Waals surface area contributed by atoms with Gasteiger partial charge in [0.1, 0.15) is 0 Å². The van der Waals surface area contributed by atoms with Crippen LogP contribution in [0.1, 0.15) is 38.5 Å². The minimum absolute atomic E-state index is 0.802. The topological polar surface area (TPSA) is 27.3 Å². The minimum Gasteiger partial charge on any atom is -0.317 e. The van der Waals surface area contributed by atoms with E-state index in [1.165, 1.54) is 64.7 Å². The molecule has 106 valence electrons. The smallest absolute Gasteiger partial charge is 0.00944 e. The highest BCUT2D eigenvalue weighted by Gasteiger charge is 2.24. The number of nitrogens with one attached hydrogen (secondary N) is 2. The fraction of sp³-hybridized carbons (Fsp3) is 1.00. The van der Waals surface area contributed by atoms with E-state index in [1.807, 2.05) is 0 Å². The average molecular weight is 253 g/mol. The van der Waals surface area contributed by atoms with Crippen molar-refractivity contribution in [1.82, 2.24) is 15.5 Å². The number of hydrogen-bond acceptors (Lipinski definition) is 3. The van der Waals surface area contributed by atoms with Gasteiger partial charge in [0.05, 0.1) is 0 Å². The Morgan fingerprint density at radius 1 is 0.833 bits per heavy atom. The minimum atomic E-state index is 0.802. The van der Waals surface area contributed by atoms with E-state index in [2.05, 4.69) is 29.6 Å². The lowest BCUT2D eigenvalue weighted by molar-refractivity contribution is 0.176. The van der Waals surface area contributed by atoms with Gasteiger partial charge in [-0.3, -0.25) is 0 Å². The maximum atomic E-state index is 3.48. The Bertz CT molecular complexity index is 198. The van der Waals surface area contributed by atoms with Gasteiger partial charge in [0.15, 0.2) is 0 Å². The molecule has 0 saturated carbocycles. The lowest BCUT2D eigenvalue weighted by atomic mass is 9.84. The van der Waals surface area contributed by atoms with E-state index in [-0.39, 0.29) is 0 Å². The Kier molecular flexibility index (Phi) is 5.93. The van der Waals surface area contributed by atoms with Gasteiger partial charge in [-0.15, -0.1) is 0 Å². The molecule has 2 heterocycles. The molecule has 2 rings (SSSR count). The quantitative estimate of drug-likeness (QED) is 0.781. The fourth-order valence-electron chi connectivity index (χ4n) is 3.52. The van der Waals surface area contributed by atoms with Crippen LogP contribution < -0.4 is 10.6 Å². The van der Waals surface area contributed by atoms with Crippen LogP contribution in [-0.4, -0.2) is 51.2 Å². The average Bonchev–Trinajstić information content (AvgIpc) is 2.40. The van der Waals surface area contributed by atoms with Crippen molar-refractivity contribution >= 4 is 0 Å². The van der Waals surface area contributed by atoms with Gasteiger partial charge in [-0.1, -0.05) is 0 Å². The summed E-state index contributed by atoms with van der Waals surface area (Å²) in [4.78, 5) is 2.48. The Hall–Kier alpha value is -0.120. The van der Waals surface area contributed by atoms with Crippen LogP contribution in [0.3, 0.4) is 0 Å². The van der Waals surface area contributed by atoms with E-state index >= 15 is 0 Å². The summed E-state index contributed by atoms with van der Waals surface area (Å²) in [6, 6.07) is 0.802. The summed E-state index contributed by atoms with van der Waals surface area (Å²) in [5.74, 6) is 1.92. The zero-order chi connectivity index (χ0) is 12.8. The van der Waals surface area contributed by atoms with Gasteiger partial charge in [0, 0.05) is 6.04 Å². The molecule has 0 aliphatic carbocycles. The Labute approximate surface area is 113 Å². The number of piperidine rings is 2. The van der Waals surface area contributed by atoms with E-state index in [4.69, 9.17) is 0 Å². The van der Waals surface area contributed by atoms with Crippen LogP contribution in [0.5, 0.6) is 0 Å². The lowest BCUT2D eigenvalue weighted by Gasteiger charge is -2.34. The summed E-state index contributed by atoms with van der Waals surface area (Å²) in [6.45, 7) is 4.94. The summed E-state index contributed by atoms with van der Waals surface area (Å²) < 4.78 is 0. The van der Waals surface area contributed by atoms with Crippen molar-refractivity contribution in [2.24, 2.45) is 11.8 Å². The van der Waals surface area contributed by atoms with E-state index in [9.17, 15) is 0 Å². The highest BCUT2D eigenvalue weighted by atomic mass is 15.1. The van der Waals surface area contributed by atoms with Crippen molar-refractivity contribution in [3.63, 3.8) is 0 Å². The molecule has 0 unspecified atom stereocenters. The SMILES string of the molecule is CN(C)C(CC1CCNCC1)CC1CCNCC1. The van der Waals surface area contributed by atoms with Gasteiger partial charge in [-0.05, 0) is 90.6 Å². The highest BCUT2D eigenvalue weighted by molar-refractivity contribution is 4.80. The van der Waals surface area contributed by atoms with Gasteiger partial charge in [0.25, 0.3) is 0 Å². The van der Waals surface area contributed by atoms with E-state index in [0.29, 0.717) is 0 Å². The summed E-state index contributed by atoms with van der Waals surface area (Å²) in [6.07, 6.45) is 8.37. The van der Waals surface area contributed by atoms with E-state index in [1.54, 1.807) is 0 Å². The molecule has 3 heteroatoms. The molecule has 0 aromatic heterocycles. The molecular weight excluding hydrogens is 222 g/mol. The normalized spacial score (nSPS) is 24.0. The van der Waals surface area contributed by atoms with Crippen molar-refractivity contribution in [1.29, 1.82) is 0 Å². The molecule has 3 nitrogen and oxygen atoms in total. The maximum absolute atomic E-state index is 3.48. The van der Waals surface area contributed by atoms with Crippen molar-refractivity contribution in [3.8, 4) is 0 Å². The van der Waals surface area contributed by atoms with Crippen LogP contribution in [0.15, 0.2) is 0 Å². The molecular formula is C15H31N3. The molecule has 0 radical (unpaired) electrons. The lowest BCUT2D eigenvalue weighted by Crippen LogP contribution is -2.37. The van der Waals surface area contributed by atoms with Crippen LogP contribution in [0.4, 0.5) is 0 Å². The van der Waals surface area contributed by atoms with Gasteiger partial charge in [-0.2, -0.15) is 0 Å². The number of rotatable bonds is 5. The van der Waals surface area contributed by atoms with Gasteiger partial charge in [0.2, 0.25) is 0 Å². The molecule has 0 amide bonds. The van der Waals surface area contributed by atoms with E-state index < -0.39 is 0 Å². The summed E-state index contributed by atoms with van der Waals surface area (Å²) in [7, 11) is 4.54. The highest BCUT2D eigenvalue weighted by Crippen LogP contribution is 2.26. The molecule has 2 saturated heterocycles. The first-order valence-corrected chi connectivity index (χ1v) is 7.83. The van der Waals surface area contributed by atoms with E-state index in [0.717, 1.165) is 17.9 Å². The first-order chi connectivity index (χ1) is 8.75. The molecule has 2 fully saturated rings. The maximum Gasteiger partial charge on any atom is 0.00944 e. The molecule has 0 spiro atoms. The van der Waals surface area contributed by atoms with Crippen LogP contribution in [0.2, 0.25) is 0 Å². The third kappa shape index (κ3) is 4.52. The van der Waals surface area contributed by atoms with Gasteiger partial charge >= 0.3 is 0 Å². The monoisotopic (exact) mass is 253 g/mol. The Balaban J connectivity index is 1.78. The second-order valence-electron chi connectivity index (χ2n) is 6.48. The van der Waals surface area contributed by atoms with Crippen molar-refractivity contribution < 1.29 is 0 Å². The predicted octanol–water partition coefficient (Wildman–Crippen LogP) is 1.70. The molecule has 2 aliphatic rings. The first-order valence-electron chi connectivity index (χ1n) is 7.83. The third-order valence-electron chi connectivity index (χ3n) is 4.86. The zero-order valence-electron chi connectivity index (χ0n) is 12.3. The fourth-order valence-corrected chi connectivity index (χ4v) is 3.52. The molecule has 0 aromatic rings. The van der Waals surface area contributed by atoms with Gasteiger partial charge < -0.3 is 15.5 Å². The Morgan fingerprint density at radius 2 is 1.22 bits per heavy atom. The molecule has 18 heavy (non-hydrogen) atoms. The van der Waals surface area contributed by atoms with Crippen LogP contribution in [0, 0.1) is 11.8 Å². The van der Waals surface area contributed by atoms with Gasteiger partial charge in [-0.25, -0.2) is 0 Å². The van der Waals surface area contributed by atoms with Crippen molar-refractivity contribution in [2.75, 3.05) is 40.3 Å². The van der Waals surface area contributed by atoms with Crippen LogP contribution in [-0.2, 0) is 0 Å². The first kappa shape index (κ1) is 14.3. The summed E-state index contributed by atoms with van der Waals surface area (Å²) in [5, 5.41) is 6.95. The molecule has 0 bridgehead atoms. The summed E-state index contributed by atoms with van der Waals surface area (Å²) in [5.41, 5.74) is 0. The molecule has 0 atom stereocenters. The largest absolute Gasteiger partial charge is 0.317 e. The number of nitrogens with zero attached hydrogens (tertiary/aromatic N) is 1. The second kappa shape index (κ2) is 7.46. The van der Waals surface area contributed by atoms with Crippen molar-refractivity contribution in [3.05, 3.63) is 0 Å². The standard InChI is InChI=1S/C15H31N3/c1-18(2)15(11-13-3-7-16-8-4-13)12-14-5-9-17-10-6-14/h13-17H,3-12H2,1-2H3. The Morgan fingerprint density at radius 3 is 1.56 bits per heavy atom. The van der Waals surface area contributed by atoms with Crippen molar-refractivity contribution in [2.45, 2.75) is 44.6 Å². The predicted molar refractivity (Wildman–Crippen MR) is 77.9 cm³/mol.